The molecule has 0 saturated heterocycles. The molecule has 7 heteroatoms. The minimum atomic E-state index is -0.622. The van der Waals surface area contributed by atoms with E-state index >= 15 is 0 Å². The van der Waals surface area contributed by atoms with E-state index in [-0.39, 0.29) is 5.69 Å². The molecular formula is C13H7FN2O2S2. The van der Waals surface area contributed by atoms with Crippen LogP contribution in [-0.2, 0) is 0 Å². The van der Waals surface area contributed by atoms with E-state index in [1.165, 1.54) is 35.2 Å². The first-order valence-corrected chi connectivity index (χ1v) is 7.23. The zero-order valence-electron chi connectivity index (χ0n) is 9.95. The smallest absolute Gasteiger partial charge is 0.258 e. The molecule has 0 radical (unpaired) electrons. The van der Waals surface area contributed by atoms with Gasteiger partial charge in [0.25, 0.3) is 5.69 Å². The standard InChI is InChI=1S/C13H7FN2O2S2/c14-8-5-9(16(17)18)7-10(6-8)19-13-15-11-3-1-2-4-12(11)20-13/h1-7H. The molecule has 3 rings (SSSR count). The van der Waals surface area contributed by atoms with Gasteiger partial charge in [0.05, 0.1) is 21.2 Å². The van der Waals surface area contributed by atoms with E-state index in [4.69, 9.17) is 0 Å². The molecule has 0 aliphatic heterocycles. The first-order chi connectivity index (χ1) is 9.61. The van der Waals surface area contributed by atoms with Crippen LogP contribution in [0.5, 0.6) is 0 Å². The van der Waals surface area contributed by atoms with Gasteiger partial charge in [0.15, 0.2) is 4.34 Å². The lowest BCUT2D eigenvalue weighted by Crippen LogP contribution is -1.89. The monoisotopic (exact) mass is 306 g/mol. The quantitative estimate of drug-likeness (QED) is 0.528. The molecule has 2 aromatic carbocycles. The van der Waals surface area contributed by atoms with Crippen LogP contribution in [0.15, 0.2) is 51.7 Å². The van der Waals surface area contributed by atoms with Crippen LogP contribution < -0.4 is 0 Å². The molecule has 1 heterocycles. The van der Waals surface area contributed by atoms with Gasteiger partial charge in [0.2, 0.25) is 0 Å². The normalized spacial score (nSPS) is 10.8. The number of fused-ring (bicyclic) bond motifs is 1. The van der Waals surface area contributed by atoms with E-state index in [1.807, 2.05) is 24.3 Å². The van der Waals surface area contributed by atoms with Crippen LogP contribution in [0.4, 0.5) is 10.1 Å². The van der Waals surface area contributed by atoms with E-state index in [1.54, 1.807) is 0 Å². The number of nitro benzene ring substituents is 1. The number of nitro groups is 1. The van der Waals surface area contributed by atoms with Gasteiger partial charge in [-0.05, 0) is 18.2 Å². The fourth-order valence-electron chi connectivity index (χ4n) is 1.71. The Balaban J connectivity index is 1.96. The molecule has 0 fully saturated rings. The Kier molecular flexibility index (Phi) is 3.37. The highest BCUT2D eigenvalue weighted by Gasteiger charge is 2.12. The Morgan fingerprint density at radius 1 is 1.25 bits per heavy atom. The number of non-ortho nitro benzene ring substituents is 1. The van der Waals surface area contributed by atoms with Gasteiger partial charge in [-0.2, -0.15) is 0 Å². The Labute approximate surface area is 121 Å². The fraction of sp³-hybridized carbons (Fsp3) is 0. The summed E-state index contributed by atoms with van der Waals surface area (Å²) < 4.78 is 15.1. The molecule has 20 heavy (non-hydrogen) atoms. The number of aromatic nitrogens is 1. The average molecular weight is 306 g/mol. The number of rotatable bonds is 3. The van der Waals surface area contributed by atoms with Crippen LogP contribution >= 0.6 is 23.1 Å². The van der Waals surface area contributed by atoms with Gasteiger partial charge in [-0.3, -0.25) is 10.1 Å². The second-order valence-electron chi connectivity index (χ2n) is 3.95. The maximum Gasteiger partial charge on any atom is 0.273 e. The lowest BCUT2D eigenvalue weighted by molar-refractivity contribution is -0.385. The molecule has 0 atom stereocenters. The zero-order valence-corrected chi connectivity index (χ0v) is 11.6. The number of benzene rings is 2. The maximum atomic E-state index is 13.4. The van der Waals surface area contributed by atoms with Crippen LogP contribution in [-0.4, -0.2) is 9.91 Å². The van der Waals surface area contributed by atoms with E-state index in [2.05, 4.69) is 4.98 Å². The highest BCUT2D eigenvalue weighted by molar-refractivity contribution is 8.01. The number of thiazole rings is 1. The lowest BCUT2D eigenvalue weighted by Gasteiger charge is -1.98. The Bertz CT molecular complexity index is 771. The summed E-state index contributed by atoms with van der Waals surface area (Å²) in [5.74, 6) is -0.622. The number of para-hydroxylation sites is 1. The van der Waals surface area contributed by atoms with Gasteiger partial charge >= 0.3 is 0 Å². The van der Waals surface area contributed by atoms with Crippen molar-refractivity contribution in [1.29, 1.82) is 0 Å². The highest BCUT2D eigenvalue weighted by atomic mass is 32.2. The van der Waals surface area contributed by atoms with E-state index in [0.717, 1.165) is 20.6 Å². The summed E-state index contributed by atoms with van der Waals surface area (Å²) in [4.78, 5) is 15.0. The van der Waals surface area contributed by atoms with Gasteiger partial charge in [-0.15, -0.1) is 11.3 Å². The van der Waals surface area contributed by atoms with Crippen molar-refractivity contribution in [3.8, 4) is 0 Å². The van der Waals surface area contributed by atoms with E-state index in [9.17, 15) is 14.5 Å². The van der Waals surface area contributed by atoms with Crippen LogP contribution in [0.3, 0.4) is 0 Å². The van der Waals surface area contributed by atoms with E-state index in [0.29, 0.717) is 4.90 Å². The molecule has 1 aromatic heterocycles. The van der Waals surface area contributed by atoms with Gasteiger partial charge in [-0.1, -0.05) is 23.9 Å². The first-order valence-electron chi connectivity index (χ1n) is 5.60. The van der Waals surface area contributed by atoms with Crippen LogP contribution in [0, 0.1) is 15.9 Å². The summed E-state index contributed by atoms with van der Waals surface area (Å²) in [7, 11) is 0. The third-order valence-corrected chi connectivity index (χ3v) is 4.61. The second-order valence-corrected chi connectivity index (χ2v) is 6.30. The summed E-state index contributed by atoms with van der Waals surface area (Å²) in [6, 6.07) is 11.2. The number of hydrogen-bond donors (Lipinski definition) is 0. The molecule has 100 valence electrons. The summed E-state index contributed by atoms with van der Waals surface area (Å²) in [5, 5.41) is 10.7. The molecular weight excluding hydrogens is 299 g/mol. The van der Waals surface area contributed by atoms with Crippen LogP contribution in [0.25, 0.3) is 10.2 Å². The minimum Gasteiger partial charge on any atom is -0.258 e. The molecule has 4 nitrogen and oxygen atoms in total. The molecule has 0 aliphatic carbocycles. The third kappa shape index (κ3) is 2.63. The minimum absolute atomic E-state index is 0.256. The van der Waals surface area contributed by atoms with Crippen molar-refractivity contribution < 1.29 is 9.31 Å². The highest BCUT2D eigenvalue weighted by Crippen LogP contribution is 2.35. The van der Waals surface area contributed by atoms with Crippen molar-refractivity contribution >= 4 is 39.0 Å². The maximum absolute atomic E-state index is 13.4. The van der Waals surface area contributed by atoms with Crippen molar-refractivity contribution in [3.05, 3.63) is 58.4 Å². The average Bonchev–Trinajstić information content (AvgIpc) is 2.79. The number of nitrogens with zero attached hydrogens (tertiary/aromatic N) is 2. The topological polar surface area (TPSA) is 56.0 Å². The Morgan fingerprint density at radius 2 is 2.05 bits per heavy atom. The lowest BCUT2D eigenvalue weighted by atomic mass is 10.3. The molecule has 3 aromatic rings. The molecule has 0 saturated carbocycles. The van der Waals surface area contributed by atoms with Crippen molar-refractivity contribution in [1.82, 2.24) is 4.98 Å². The molecule has 0 aliphatic rings. The SMILES string of the molecule is O=[N+]([O-])c1cc(F)cc(Sc2nc3ccccc3s2)c1. The largest absolute Gasteiger partial charge is 0.273 e. The number of halogens is 1. The van der Waals surface area contributed by atoms with Gasteiger partial charge in [0, 0.05) is 11.0 Å². The second kappa shape index (κ2) is 5.18. The van der Waals surface area contributed by atoms with Gasteiger partial charge < -0.3 is 0 Å². The molecule has 0 bridgehead atoms. The van der Waals surface area contributed by atoms with Crippen LogP contribution in [0.2, 0.25) is 0 Å². The summed E-state index contributed by atoms with van der Waals surface area (Å²) in [5.41, 5.74) is 0.611. The third-order valence-electron chi connectivity index (χ3n) is 2.55. The first kappa shape index (κ1) is 13.0. The fourth-order valence-corrected chi connectivity index (χ4v) is 3.83. The summed E-state index contributed by atoms with van der Waals surface area (Å²) in [6.45, 7) is 0. The zero-order chi connectivity index (χ0) is 14.1. The van der Waals surface area contributed by atoms with Crippen molar-refractivity contribution in [2.24, 2.45) is 0 Å². The Hall–Kier alpha value is -1.99. The van der Waals surface area contributed by atoms with Crippen molar-refractivity contribution in [3.63, 3.8) is 0 Å². The van der Waals surface area contributed by atoms with E-state index < -0.39 is 10.7 Å². The summed E-state index contributed by atoms with van der Waals surface area (Å²) >= 11 is 2.69. The molecule has 0 spiro atoms. The number of hydrogen-bond acceptors (Lipinski definition) is 5. The van der Waals surface area contributed by atoms with Gasteiger partial charge in [0.1, 0.15) is 5.82 Å². The summed E-state index contributed by atoms with van der Waals surface area (Å²) in [6.07, 6.45) is 0. The molecule has 0 unspecified atom stereocenters. The molecule has 0 N–H and O–H groups in total. The Morgan fingerprint density at radius 3 is 2.80 bits per heavy atom. The van der Waals surface area contributed by atoms with Crippen LogP contribution in [0.1, 0.15) is 0 Å². The van der Waals surface area contributed by atoms with Crippen molar-refractivity contribution in [2.45, 2.75) is 9.24 Å². The van der Waals surface area contributed by atoms with Crippen molar-refractivity contribution in [2.75, 3.05) is 0 Å². The predicted octanol–water partition coefficient (Wildman–Crippen LogP) is 4.49. The van der Waals surface area contributed by atoms with Gasteiger partial charge in [-0.25, -0.2) is 9.37 Å². The molecule has 0 amide bonds. The predicted molar refractivity (Wildman–Crippen MR) is 76.8 cm³/mol.